The lowest BCUT2D eigenvalue weighted by atomic mass is 10.0. The third-order valence-corrected chi connectivity index (χ3v) is 4.62. The smallest absolute Gasteiger partial charge is 0.322 e. The zero-order valence-corrected chi connectivity index (χ0v) is 15.0. The standard InChI is InChI=1S/C18H20N4O5/c1-21-5-3-10(4-6-21)12-7-11-13(8-19-12)22(2)18(27)15(16(11)25)17(26)20-9-14(23)24/h3,7-8,25H,4-6,9H2,1-2H3,(H,20,26)(H,23,24). The molecule has 2 aromatic rings. The Bertz CT molecular complexity index is 1020. The Morgan fingerprint density at radius 2 is 2.07 bits per heavy atom. The highest BCUT2D eigenvalue weighted by Gasteiger charge is 2.22. The number of carbonyl (C=O) groups is 2. The molecule has 0 unspecified atom stereocenters. The molecule has 0 aromatic carbocycles. The van der Waals surface area contributed by atoms with Crippen LogP contribution in [0.3, 0.4) is 0 Å². The second kappa shape index (κ2) is 7.20. The molecule has 3 N–H and O–H groups in total. The zero-order valence-electron chi connectivity index (χ0n) is 15.0. The van der Waals surface area contributed by atoms with Crippen molar-refractivity contribution in [2.75, 3.05) is 26.7 Å². The van der Waals surface area contributed by atoms with Crippen molar-refractivity contribution in [1.82, 2.24) is 19.8 Å². The van der Waals surface area contributed by atoms with Crippen molar-refractivity contribution >= 4 is 28.4 Å². The molecule has 1 aliphatic heterocycles. The number of amides is 1. The number of likely N-dealkylation sites (N-methyl/N-ethyl adjacent to an activating group) is 1. The third-order valence-electron chi connectivity index (χ3n) is 4.62. The molecule has 3 rings (SSSR count). The van der Waals surface area contributed by atoms with Crippen LogP contribution in [0.5, 0.6) is 5.75 Å². The Labute approximate surface area is 154 Å². The number of aromatic nitrogens is 2. The summed E-state index contributed by atoms with van der Waals surface area (Å²) in [5.41, 5.74) is 0.864. The third kappa shape index (κ3) is 3.54. The first-order chi connectivity index (χ1) is 12.8. The number of carboxylic acids is 1. The van der Waals surface area contributed by atoms with E-state index in [0.29, 0.717) is 16.6 Å². The van der Waals surface area contributed by atoms with Gasteiger partial charge in [-0.05, 0) is 25.1 Å². The van der Waals surface area contributed by atoms with Crippen LogP contribution in [0.2, 0.25) is 0 Å². The first kappa shape index (κ1) is 18.6. The van der Waals surface area contributed by atoms with E-state index in [1.54, 1.807) is 6.07 Å². The summed E-state index contributed by atoms with van der Waals surface area (Å²) in [4.78, 5) is 41.9. The number of aryl methyl sites for hydroxylation is 1. The van der Waals surface area contributed by atoms with E-state index in [9.17, 15) is 19.5 Å². The van der Waals surface area contributed by atoms with Crippen LogP contribution in [0.4, 0.5) is 0 Å². The van der Waals surface area contributed by atoms with Crippen molar-refractivity contribution in [2.24, 2.45) is 7.05 Å². The van der Waals surface area contributed by atoms with E-state index in [-0.39, 0.29) is 0 Å². The number of hydrogen-bond acceptors (Lipinski definition) is 6. The summed E-state index contributed by atoms with van der Waals surface area (Å²) in [5, 5.41) is 21.7. The SMILES string of the molecule is CN1CC=C(c2cc3c(O)c(C(=O)NCC(=O)O)c(=O)n(C)c3cn2)CC1. The van der Waals surface area contributed by atoms with Crippen LogP contribution in [0.15, 0.2) is 23.1 Å². The number of aromatic hydroxyl groups is 1. The predicted molar refractivity (Wildman–Crippen MR) is 98.7 cm³/mol. The van der Waals surface area contributed by atoms with E-state index in [1.165, 1.54) is 17.8 Å². The molecule has 0 saturated heterocycles. The van der Waals surface area contributed by atoms with E-state index in [2.05, 4.69) is 21.3 Å². The number of nitrogens with one attached hydrogen (secondary N) is 1. The fourth-order valence-electron chi connectivity index (χ4n) is 3.05. The summed E-state index contributed by atoms with van der Waals surface area (Å²) in [7, 11) is 3.49. The lowest BCUT2D eigenvalue weighted by Crippen LogP contribution is -2.35. The van der Waals surface area contributed by atoms with Gasteiger partial charge in [0.25, 0.3) is 11.5 Å². The van der Waals surface area contributed by atoms with Gasteiger partial charge in [0.1, 0.15) is 17.9 Å². The lowest BCUT2D eigenvalue weighted by molar-refractivity contribution is -0.135. The molecule has 9 heteroatoms. The maximum Gasteiger partial charge on any atom is 0.322 e. The largest absolute Gasteiger partial charge is 0.506 e. The molecule has 3 heterocycles. The molecule has 1 amide bonds. The summed E-state index contributed by atoms with van der Waals surface area (Å²) < 4.78 is 1.21. The molecule has 0 fully saturated rings. The van der Waals surface area contributed by atoms with Gasteiger partial charge in [0.05, 0.1) is 17.4 Å². The molecule has 0 aliphatic carbocycles. The maximum absolute atomic E-state index is 12.5. The Morgan fingerprint density at radius 1 is 1.33 bits per heavy atom. The minimum atomic E-state index is -1.25. The van der Waals surface area contributed by atoms with Crippen LogP contribution < -0.4 is 10.9 Å². The number of rotatable bonds is 4. The van der Waals surface area contributed by atoms with E-state index in [0.717, 1.165) is 25.1 Å². The van der Waals surface area contributed by atoms with Crippen molar-refractivity contribution in [3.8, 4) is 5.75 Å². The molecule has 0 spiro atoms. The monoisotopic (exact) mass is 372 g/mol. The average molecular weight is 372 g/mol. The van der Waals surface area contributed by atoms with Crippen molar-refractivity contribution in [2.45, 2.75) is 6.42 Å². The zero-order chi connectivity index (χ0) is 19.7. The lowest BCUT2D eigenvalue weighted by Gasteiger charge is -2.22. The van der Waals surface area contributed by atoms with Gasteiger partial charge in [-0.15, -0.1) is 0 Å². The number of carboxylic acid groups (broad SMARTS) is 1. The van der Waals surface area contributed by atoms with Crippen LogP contribution in [0, 0.1) is 0 Å². The molecule has 1 aliphatic rings. The minimum Gasteiger partial charge on any atom is -0.506 e. The first-order valence-corrected chi connectivity index (χ1v) is 8.39. The Balaban J connectivity index is 2.11. The van der Waals surface area contributed by atoms with E-state index >= 15 is 0 Å². The number of carbonyl (C=O) groups excluding carboxylic acids is 1. The Hall–Kier alpha value is -3.20. The van der Waals surface area contributed by atoms with Crippen LogP contribution >= 0.6 is 0 Å². The highest BCUT2D eigenvalue weighted by Crippen LogP contribution is 2.29. The van der Waals surface area contributed by atoms with Gasteiger partial charge in [-0.2, -0.15) is 0 Å². The predicted octanol–water partition coefficient (Wildman–Crippen LogP) is 0.172. The fourth-order valence-corrected chi connectivity index (χ4v) is 3.05. The second-order valence-electron chi connectivity index (χ2n) is 6.49. The normalized spacial score (nSPS) is 14.8. The first-order valence-electron chi connectivity index (χ1n) is 8.39. The molecule has 0 saturated carbocycles. The van der Waals surface area contributed by atoms with Gasteiger partial charge in [0.2, 0.25) is 0 Å². The van der Waals surface area contributed by atoms with Gasteiger partial charge >= 0.3 is 5.97 Å². The number of pyridine rings is 2. The van der Waals surface area contributed by atoms with E-state index < -0.39 is 35.3 Å². The summed E-state index contributed by atoms with van der Waals surface area (Å²) >= 11 is 0. The number of aliphatic carboxylic acids is 1. The minimum absolute atomic E-state index is 0.308. The summed E-state index contributed by atoms with van der Waals surface area (Å²) in [6.45, 7) is 1.02. The highest BCUT2D eigenvalue weighted by atomic mass is 16.4. The van der Waals surface area contributed by atoms with Crippen molar-refractivity contribution < 1.29 is 19.8 Å². The Kier molecular flexibility index (Phi) is 4.95. The van der Waals surface area contributed by atoms with E-state index in [1.807, 2.05) is 7.05 Å². The van der Waals surface area contributed by atoms with Gasteiger partial charge in [0, 0.05) is 25.5 Å². The van der Waals surface area contributed by atoms with Crippen LogP contribution in [-0.4, -0.2) is 63.2 Å². The average Bonchev–Trinajstić information content (AvgIpc) is 2.65. The van der Waals surface area contributed by atoms with Crippen LogP contribution in [0.25, 0.3) is 16.5 Å². The van der Waals surface area contributed by atoms with Crippen LogP contribution in [-0.2, 0) is 11.8 Å². The quantitative estimate of drug-likeness (QED) is 0.699. The molecule has 0 radical (unpaired) electrons. The molecule has 0 bridgehead atoms. The highest BCUT2D eigenvalue weighted by molar-refractivity contribution is 6.03. The van der Waals surface area contributed by atoms with Gasteiger partial charge in [0.15, 0.2) is 0 Å². The Morgan fingerprint density at radius 3 is 2.70 bits per heavy atom. The molecule has 2 aromatic heterocycles. The maximum atomic E-state index is 12.5. The summed E-state index contributed by atoms with van der Waals surface area (Å²) in [6, 6.07) is 1.65. The molecule has 9 nitrogen and oxygen atoms in total. The van der Waals surface area contributed by atoms with Crippen molar-refractivity contribution in [1.29, 1.82) is 0 Å². The van der Waals surface area contributed by atoms with Crippen molar-refractivity contribution in [3.05, 3.63) is 40.0 Å². The van der Waals surface area contributed by atoms with Gasteiger partial charge in [-0.1, -0.05) is 6.08 Å². The molecular formula is C18H20N4O5. The second-order valence-corrected chi connectivity index (χ2v) is 6.49. The van der Waals surface area contributed by atoms with Gasteiger partial charge < -0.3 is 25.0 Å². The summed E-state index contributed by atoms with van der Waals surface area (Å²) in [6.07, 6.45) is 4.34. The fraction of sp³-hybridized carbons (Fsp3) is 0.333. The molecule has 0 atom stereocenters. The molecular weight excluding hydrogens is 352 g/mol. The van der Waals surface area contributed by atoms with Gasteiger partial charge in [-0.25, -0.2) is 0 Å². The van der Waals surface area contributed by atoms with Crippen molar-refractivity contribution in [3.63, 3.8) is 0 Å². The molecule has 27 heavy (non-hydrogen) atoms. The number of nitrogens with zero attached hydrogens (tertiary/aromatic N) is 3. The van der Waals surface area contributed by atoms with Crippen LogP contribution in [0.1, 0.15) is 22.5 Å². The topological polar surface area (TPSA) is 125 Å². The number of hydrogen-bond donors (Lipinski definition) is 3. The number of fused-ring (bicyclic) bond motifs is 1. The molecule has 142 valence electrons. The van der Waals surface area contributed by atoms with E-state index in [4.69, 9.17) is 5.11 Å². The van der Waals surface area contributed by atoms with Gasteiger partial charge in [-0.3, -0.25) is 19.4 Å². The summed E-state index contributed by atoms with van der Waals surface area (Å²) in [5.74, 6) is -2.66.